The number of carboxylic acid groups (broad SMARTS) is 1. The van der Waals surface area contributed by atoms with Gasteiger partial charge in [-0.1, -0.05) is 6.07 Å². The van der Waals surface area contributed by atoms with E-state index in [-0.39, 0.29) is 6.42 Å². The first-order chi connectivity index (χ1) is 6.79. The topological polar surface area (TPSA) is 62.2 Å². The van der Waals surface area contributed by atoms with Gasteiger partial charge in [0, 0.05) is 12.7 Å². The Morgan fingerprint density at radius 1 is 1.57 bits per heavy atom. The van der Waals surface area contributed by atoms with Gasteiger partial charge in [0.15, 0.2) is 0 Å². The van der Waals surface area contributed by atoms with Crippen molar-refractivity contribution in [1.82, 2.24) is 9.71 Å². The Morgan fingerprint density at radius 2 is 2.43 bits per heavy atom. The number of nitrogens with zero attached hydrogens (tertiary/aromatic N) is 1. The van der Waals surface area contributed by atoms with Crippen molar-refractivity contribution < 1.29 is 9.90 Å². The molecule has 0 aliphatic carbocycles. The highest BCUT2D eigenvalue weighted by molar-refractivity contribution is 8.76. The Bertz CT molecular complexity index is 282. The first-order valence-electron chi connectivity index (χ1n) is 3.98. The normalized spacial score (nSPS) is 10.0. The molecule has 0 atom stereocenters. The van der Waals surface area contributed by atoms with Gasteiger partial charge in [0.25, 0.3) is 0 Å². The second kappa shape index (κ2) is 6.69. The van der Waals surface area contributed by atoms with E-state index in [0.29, 0.717) is 6.54 Å². The Kier molecular flexibility index (Phi) is 5.43. The van der Waals surface area contributed by atoms with Gasteiger partial charge < -0.3 is 5.11 Å². The standard InChI is InChI=1S/C8H10N2O2S2/c11-8(12)4-6-10-14-13-7-3-1-2-5-9-7/h1-3,5,10H,4,6H2,(H,11,12). The molecule has 0 saturated carbocycles. The van der Waals surface area contributed by atoms with E-state index in [1.807, 2.05) is 18.2 Å². The van der Waals surface area contributed by atoms with Crippen LogP contribution in [0.3, 0.4) is 0 Å². The molecule has 76 valence electrons. The van der Waals surface area contributed by atoms with Crippen molar-refractivity contribution in [3.05, 3.63) is 24.4 Å². The van der Waals surface area contributed by atoms with Crippen LogP contribution in [0.2, 0.25) is 0 Å². The van der Waals surface area contributed by atoms with Crippen LogP contribution in [0.5, 0.6) is 0 Å². The van der Waals surface area contributed by atoms with Crippen molar-refractivity contribution in [3.8, 4) is 0 Å². The maximum atomic E-state index is 10.2. The zero-order valence-corrected chi connectivity index (χ0v) is 8.98. The van der Waals surface area contributed by atoms with Crippen LogP contribution in [-0.2, 0) is 4.79 Å². The fourth-order valence-electron chi connectivity index (χ4n) is 0.668. The molecule has 0 aromatic carbocycles. The monoisotopic (exact) mass is 230 g/mol. The summed E-state index contributed by atoms with van der Waals surface area (Å²) in [5.41, 5.74) is 0. The molecule has 1 aromatic heterocycles. The lowest BCUT2D eigenvalue weighted by molar-refractivity contribution is -0.136. The number of aliphatic carboxylic acids is 1. The molecule has 14 heavy (non-hydrogen) atoms. The molecule has 0 saturated heterocycles. The average Bonchev–Trinajstić information content (AvgIpc) is 2.18. The smallest absolute Gasteiger partial charge is 0.304 e. The van der Waals surface area contributed by atoms with Gasteiger partial charge >= 0.3 is 5.97 Å². The van der Waals surface area contributed by atoms with Crippen LogP contribution in [-0.4, -0.2) is 22.6 Å². The number of hydrogen-bond acceptors (Lipinski definition) is 5. The highest BCUT2D eigenvalue weighted by Gasteiger charge is 1.97. The molecule has 0 aliphatic rings. The minimum absolute atomic E-state index is 0.135. The summed E-state index contributed by atoms with van der Waals surface area (Å²) < 4.78 is 2.92. The van der Waals surface area contributed by atoms with Gasteiger partial charge in [0.05, 0.1) is 6.42 Å². The van der Waals surface area contributed by atoms with Crippen LogP contribution in [0.4, 0.5) is 0 Å². The predicted molar refractivity (Wildman–Crippen MR) is 57.9 cm³/mol. The van der Waals surface area contributed by atoms with E-state index in [2.05, 4.69) is 9.71 Å². The number of pyridine rings is 1. The van der Waals surface area contributed by atoms with Crippen molar-refractivity contribution in [3.63, 3.8) is 0 Å². The van der Waals surface area contributed by atoms with Crippen LogP contribution in [0.15, 0.2) is 29.4 Å². The Labute approximate surface area is 90.0 Å². The predicted octanol–water partition coefficient (Wildman–Crippen LogP) is 1.80. The zero-order valence-electron chi connectivity index (χ0n) is 7.34. The third-order valence-corrected chi connectivity index (χ3v) is 3.20. The van der Waals surface area contributed by atoms with Crippen LogP contribution in [0.1, 0.15) is 6.42 Å². The molecule has 0 amide bonds. The lowest BCUT2D eigenvalue weighted by atomic mass is 10.5. The van der Waals surface area contributed by atoms with Gasteiger partial charge in [0.1, 0.15) is 5.03 Å². The average molecular weight is 230 g/mol. The summed E-state index contributed by atoms with van der Waals surface area (Å²) in [6.45, 7) is 0.458. The number of carbonyl (C=O) groups is 1. The second-order valence-corrected chi connectivity index (χ2v) is 4.41. The lowest BCUT2D eigenvalue weighted by Gasteiger charge is -2.00. The minimum Gasteiger partial charge on any atom is -0.481 e. The summed E-state index contributed by atoms with van der Waals surface area (Å²) in [7, 11) is 2.86. The van der Waals surface area contributed by atoms with E-state index in [0.717, 1.165) is 5.03 Å². The summed E-state index contributed by atoms with van der Waals surface area (Å²) >= 11 is 0. The van der Waals surface area contributed by atoms with Crippen molar-refractivity contribution in [1.29, 1.82) is 0 Å². The molecule has 0 fully saturated rings. The number of nitrogens with one attached hydrogen (secondary N) is 1. The fraction of sp³-hybridized carbons (Fsp3) is 0.250. The van der Waals surface area contributed by atoms with E-state index in [9.17, 15) is 4.79 Å². The molecule has 2 N–H and O–H groups in total. The Morgan fingerprint density at radius 3 is 3.07 bits per heavy atom. The maximum absolute atomic E-state index is 10.2. The van der Waals surface area contributed by atoms with Crippen LogP contribution in [0, 0.1) is 0 Å². The maximum Gasteiger partial charge on any atom is 0.304 e. The highest BCUT2D eigenvalue weighted by Crippen LogP contribution is 2.25. The van der Waals surface area contributed by atoms with Crippen LogP contribution >= 0.6 is 21.8 Å². The summed E-state index contributed by atoms with van der Waals surface area (Å²) in [5.74, 6) is -0.791. The van der Waals surface area contributed by atoms with Crippen molar-refractivity contribution in [2.75, 3.05) is 6.54 Å². The summed E-state index contributed by atoms with van der Waals surface area (Å²) in [6, 6.07) is 5.66. The van der Waals surface area contributed by atoms with Gasteiger partial charge in [-0.05, 0) is 33.9 Å². The van der Waals surface area contributed by atoms with E-state index in [1.54, 1.807) is 6.20 Å². The zero-order chi connectivity index (χ0) is 10.2. The minimum atomic E-state index is -0.791. The molecule has 6 heteroatoms. The van der Waals surface area contributed by atoms with Gasteiger partial charge in [-0.15, -0.1) is 0 Å². The summed E-state index contributed by atoms with van der Waals surface area (Å²) in [6.07, 6.45) is 1.86. The van der Waals surface area contributed by atoms with Gasteiger partial charge in [-0.25, -0.2) is 4.98 Å². The van der Waals surface area contributed by atoms with E-state index >= 15 is 0 Å². The quantitative estimate of drug-likeness (QED) is 0.441. The molecule has 0 spiro atoms. The third kappa shape index (κ3) is 5.11. The first-order valence-corrected chi connectivity index (χ1v) is 6.13. The van der Waals surface area contributed by atoms with Gasteiger partial charge in [0.2, 0.25) is 0 Å². The molecule has 1 rings (SSSR count). The Hall–Kier alpha value is -0.720. The van der Waals surface area contributed by atoms with Gasteiger partial charge in [-0.2, -0.15) is 0 Å². The van der Waals surface area contributed by atoms with Crippen LogP contribution in [0.25, 0.3) is 0 Å². The molecule has 1 aromatic rings. The van der Waals surface area contributed by atoms with Crippen molar-refractivity contribution in [2.45, 2.75) is 11.4 Å². The number of carboxylic acids is 1. The third-order valence-electron chi connectivity index (χ3n) is 1.26. The van der Waals surface area contributed by atoms with E-state index in [4.69, 9.17) is 5.11 Å². The highest BCUT2D eigenvalue weighted by atomic mass is 33.1. The van der Waals surface area contributed by atoms with Crippen LogP contribution < -0.4 is 4.72 Å². The second-order valence-electron chi connectivity index (χ2n) is 2.37. The first kappa shape index (κ1) is 11.4. The molecule has 0 bridgehead atoms. The number of rotatable bonds is 6. The molecular weight excluding hydrogens is 220 g/mol. The fourth-order valence-corrected chi connectivity index (χ4v) is 2.21. The molecule has 4 nitrogen and oxygen atoms in total. The largest absolute Gasteiger partial charge is 0.481 e. The molecule has 0 aliphatic heterocycles. The molecule has 0 radical (unpaired) electrons. The molecular formula is C8H10N2O2S2. The number of hydrogen-bond donors (Lipinski definition) is 2. The Balaban J connectivity index is 2.08. The van der Waals surface area contributed by atoms with Gasteiger partial charge in [-0.3, -0.25) is 9.52 Å². The number of aromatic nitrogens is 1. The summed E-state index contributed by atoms with van der Waals surface area (Å²) in [5, 5.41) is 9.26. The SMILES string of the molecule is O=C(O)CCNSSc1ccccn1. The molecule has 0 unspecified atom stereocenters. The van der Waals surface area contributed by atoms with Crippen molar-refractivity contribution >= 4 is 27.7 Å². The van der Waals surface area contributed by atoms with E-state index in [1.165, 1.54) is 21.8 Å². The lowest BCUT2D eigenvalue weighted by Crippen LogP contribution is -2.09. The van der Waals surface area contributed by atoms with Crippen molar-refractivity contribution in [2.24, 2.45) is 0 Å². The summed E-state index contributed by atoms with van der Waals surface area (Å²) in [4.78, 5) is 14.3. The molecule has 1 heterocycles. The van der Waals surface area contributed by atoms with E-state index < -0.39 is 5.97 Å².